The van der Waals surface area contributed by atoms with Crippen LogP contribution in [0.25, 0.3) is 0 Å². The first-order valence-electron chi connectivity index (χ1n) is 12.5. The van der Waals surface area contributed by atoms with Gasteiger partial charge in [-0.15, -0.1) is 0 Å². The van der Waals surface area contributed by atoms with Crippen molar-refractivity contribution in [2.24, 2.45) is 0 Å². The van der Waals surface area contributed by atoms with Crippen molar-refractivity contribution in [3.8, 4) is 5.75 Å². The number of carbonyl (C=O) groups is 4. The molecule has 3 amide bonds. The van der Waals surface area contributed by atoms with Crippen LogP contribution in [0.15, 0.2) is 42.5 Å². The van der Waals surface area contributed by atoms with Gasteiger partial charge in [0, 0.05) is 37.2 Å². The van der Waals surface area contributed by atoms with Gasteiger partial charge in [-0.1, -0.05) is 24.9 Å². The predicted molar refractivity (Wildman–Crippen MR) is 141 cm³/mol. The quantitative estimate of drug-likeness (QED) is 0.328. The number of likely N-dealkylation sites (tertiary alicyclic amines) is 1. The first-order chi connectivity index (χ1) is 18.3. The van der Waals surface area contributed by atoms with E-state index in [2.05, 4.69) is 17.5 Å². The highest BCUT2D eigenvalue weighted by molar-refractivity contribution is 7.78. The van der Waals surface area contributed by atoms with E-state index in [0.717, 1.165) is 5.56 Å². The summed E-state index contributed by atoms with van der Waals surface area (Å²) in [7, 11) is 0. The van der Waals surface area contributed by atoms with Crippen LogP contribution in [0.4, 0.5) is 0 Å². The number of aromatic hydroxyl groups is 1. The Kier molecular flexibility index (Phi) is 8.90. The van der Waals surface area contributed by atoms with E-state index in [1.807, 2.05) is 0 Å². The summed E-state index contributed by atoms with van der Waals surface area (Å²) >= 11 is 3.81. The molecule has 11 heteroatoms. The zero-order chi connectivity index (χ0) is 27.2. The number of esters is 1. The smallest absolute Gasteiger partial charge is 0.332 e. The van der Waals surface area contributed by atoms with Gasteiger partial charge in [0.05, 0.1) is 12.7 Å². The van der Waals surface area contributed by atoms with E-state index in [1.165, 1.54) is 0 Å². The van der Waals surface area contributed by atoms with Gasteiger partial charge in [-0.3, -0.25) is 19.1 Å². The molecule has 0 bridgehead atoms. The normalized spacial score (nSPS) is 16.2. The number of piperidine rings is 1. The molecule has 0 radical (unpaired) electrons. The summed E-state index contributed by atoms with van der Waals surface area (Å²) in [5, 5.41) is 9.68. The zero-order valence-electron chi connectivity index (χ0n) is 21.1. The molecular formula is C27H31N3O7S. The van der Waals surface area contributed by atoms with E-state index in [-0.39, 0.29) is 49.1 Å². The third-order valence-corrected chi connectivity index (χ3v) is 7.03. The second-order valence-corrected chi connectivity index (χ2v) is 9.50. The van der Waals surface area contributed by atoms with Crippen LogP contribution in [0.3, 0.4) is 0 Å². The second kappa shape index (κ2) is 12.3. The van der Waals surface area contributed by atoms with Crippen molar-refractivity contribution < 1.29 is 33.8 Å². The Morgan fingerprint density at radius 2 is 1.84 bits per heavy atom. The number of phenols is 1. The van der Waals surface area contributed by atoms with Crippen molar-refractivity contribution in [3.05, 3.63) is 64.7 Å². The van der Waals surface area contributed by atoms with Gasteiger partial charge in [-0.2, -0.15) is 0 Å². The topological polar surface area (TPSA) is 125 Å². The molecule has 1 atom stereocenters. The number of hydrogen-bond acceptors (Lipinski definition) is 8. The summed E-state index contributed by atoms with van der Waals surface area (Å²) in [5.74, 6) is -1.14. The Balaban J connectivity index is 1.50. The summed E-state index contributed by atoms with van der Waals surface area (Å²) in [4.78, 5) is 54.1. The largest absolute Gasteiger partial charge is 0.508 e. The lowest BCUT2D eigenvalue weighted by Crippen LogP contribution is -2.52. The number of amides is 3. The van der Waals surface area contributed by atoms with Crippen molar-refractivity contribution in [3.63, 3.8) is 0 Å². The van der Waals surface area contributed by atoms with Gasteiger partial charge >= 0.3 is 5.97 Å². The Morgan fingerprint density at radius 3 is 2.50 bits per heavy atom. The first kappa shape index (κ1) is 27.5. The number of fused-ring (bicyclic) bond motifs is 1. The van der Waals surface area contributed by atoms with Crippen LogP contribution in [0.1, 0.15) is 51.6 Å². The van der Waals surface area contributed by atoms with Gasteiger partial charge in [0.2, 0.25) is 5.91 Å². The van der Waals surface area contributed by atoms with Crippen LogP contribution in [-0.4, -0.2) is 77.0 Å². The maximum absolute atomic E-state index is 13.8. The number of thiol groups is 1. The Bertz CT molecular complexity index is 1200. The van der Waals surface area contributed by atoms with Gasteiger partial charge in [0.25, 0.3) is 11.8 Å². The highest BCUT2D eigenvalue weighted by atomic mass is 32.1. The van der Waals surface area contributed by atoms with Crippen LogP contribution in [0.5, 0.6) is 5.75 Å². The number of ether oxygens (including phenoxy) is 2. The molecule has 1 fully saturated rings. The zero-order valence-corrected chi connectivity index (χ0v) is 22.0. The van der Waals surface area contributed by atoms with E-state index in [9.17, 15) is 24.3 Å². The average molecular weight is 542 g/mol. The number of rotatable bonds is 9. The van der Waals surface area contributed by atoms with Crippen molar-refractivity contribution in [1.29, 1.82) is 0 Å². The fourth-order valence-electron chi connectivity index (χ4n) is 4.83. The second-order valence-electron chi connectivity index (χ2n) is 9.27. The molecule has 0 aromatic heterocycles. The van der Waals surface area contributed by atoms with Crippen molar-refractivity contribution >= 4 is 36.5 Å². The fraction of sp³-hybridized carbons (Fsp3) is 0.407. The highest BCUT2D eigenvalue weighted by Crippen LogP contribution is 2.29. The molecule has 0 saturated carbocycles. The van der Waals surface area contributed by atoms with Crippen LogP contribution < -0.4 is 4.72 Å². The first-order valence-corrected chi connectivity index (χ1v) is 13.0. The molecule has 2 aromatic rings. The number of carbonyl (C=O) groups excluding carboxylic acids is 4. The summed E-state index contributed by atoms with van der Waals surface area (Å²) in [5.41, 5.74) is 2.29. The number of nitrogens with one attached hydrogen (secondary N) is 1. The predicted octanol–water partition coefficient (Wildman–Crippen LogP) is 2.10. The molecule has 2 heterocycles. The minimum atomic E-state index is -0.779. The molecular weight excluding hydrogens is 510 g/mol. The van der Waals surface area contributed by atoms with Crippen molar-refractivity contribution in [2.45, 2.75) is 44.9 Å². The van der Waals surface area contributed by atoms with E-state index in [1.54, 1.807) is 59.2 Å². The lowest BCUT2D eigenvalue weighted by molar-refractivity contribution is -0.152. The fourth-order valence-corrected chi connectivity index (χ4v) is 4.96. The molecule has 4 rings (SSSR count). The molecule has 10 nitrogen and oxygen atoms in total. The number of benzene rings is 2. The summed E-state index contributed by atoms with van der Waals surface area (Å²) in [6.07, 6.45) is 1.23. The molecule has 2 N–H and O–H groups in total. The van der Waals surface area contributed by atoms with E-state index in [0.29, 0.717) is 49.2 Å². The molecule has 1 unspecified atom stereocenters. The standard InChI is InChI=1S/C27H31N3O7S/c1-2-36-24(32)16-37-21-9-11-29(12-10-21)27(35)23(13-17-3-6-20(31)7-4-17)30-15-19-14-18(25(33)28-38)5-8-22(19)26(30)34/h3-8,14,21,23,31,38H,2,9-13,15-16H2,1H3,(H,28,33). The summed E-state index contributed by atoms with van der Waals surface area (Å²) < 4.78 is 12.8. The molecule has 1 saturated heterocycles. The Hall–Kier alpha value is -3.57. The van der Waals surface area contributed by atoms with Gasteiger partial charge in [-0.25, -0.2) is 4.79 Å². The number of phenolic OH excluding ortho intramolecular Hbond substituents is 1. The lowest BCUT2D eigenvalue weighted by Gasteiger charge is -2.36. The van der Waals surface area contributed by atoms with Gasteiger partial charge < -0.3 is 24.4 Å². The van der Waals surface area contributed by atoms with Gasteiger partial charge in [0.1, 0.15) is 18.4 Å². The van der Waals surface area contributed by atoms with E-state index >= 15 is 0 Å². The lowest BCUT2D eigenvalue weighted by atomic mass is 10.0. The SMILES string of the molecule is CCOC(=O)COC1CCN(C(=O)C(Cc2ccc(O)cc2)N2Cc3cc(C(=O)NS)ccc3C2=O)CC1. The maximum Gasteiger partial charge on any atom is 0.332 e. The minimum Gasteiger partial charge on any atom is -0.508 e. The molecule has 38 heavy (non-hydrogen) atoms. The molecule has 2 aromatic carbocycles. The van der Waals surface area contributed by atoms with Gasteiger partial charge in [0.15, 0.2) is 0 Å². The molecule has 0 spiro atoms. The summed E-state index contributed by atoms with van der Waals surface area (Å²) in [6.45, 7) is 2.96. The molecule has 2 aliphatic heterocycles. The monoisotopic (exact) mass is 541 g/mol. The molecule has 0 aliphatic carbocycles. The molecule has 202 valence electrons. The highest BCUT2D eigenvalue weighted by Gasteiger charge is 2.39. The number of nitrogens with zero attached hydrogens (tertiary/aromatic N) is 2. The van der Waals surface area contributed by atoms with Crippen molar-refractivity contribution in [2.75, 3.05) is 26.3 Å². The van der Waals surface area contributed by atoms with Gasteiger partial charge in [-0.05, 0) is 61.2 Å². The maximum atomic E-state index is 13.8. The molecule has 2 aliphatic rings. The van der Waals surface area contributed by atoms with Crippen LogP contribution in [0, 0.1) is 0 Å². The van der Waals surface area contributed by atoms with Crippen LogP contribution in [-0.2, 0) is 32.0 Å². The van der Waals surface area contributed by atoms with E-state index in [4.69, 9.17) is 9.47 Å². The Labute approximate surface area is 226 Å². The summed E-state index contributed by atoms with van der Waals surface area (Å²) in [6, 6.07) is 10.6. The van der Waals surface area contributed by atoms with Crippen LogP contribution >= 0.6 is 12.8 Å². The third kappa shape index (κ3) is 6.28. The third-order valence-electron chi connectivity index (χ3n) is 6.82. The van der Waals surface area contributed by atoms with E-state index < -0.39 is 12.0 Å². The van der Waals surface area contributed by atoms with Crippen LogP contribution in [0.2, 0.25) is 0 Å². The van der Waals surface area contributed by atoms with Crippen molar-refractivity contribution in [1.82, 2.24) is 14.5 Å². The average Bonchev–Trinajstić information content (AvgIpc) is 3.26. The Morgan fingerprint density at radius 1 is 1.13 bits per heavy atom. The minimum absolute atomic E-state index is 0.112. The number of hydrogen-bond donors (Lipinski definition) is 3.